The Morgan fingerprint density at radius 3 is 2.48 bits per heavy atom. The van der Waals surface area contributed by atoms with Crippen LogP contribution in [0.4, 0.5) is 0 Å². The van der Waals surface area contributed by atoms with Gasteiger partial charge in [0.15, 0.2) is 0 Å². The summed E-state index contributed by atoms with van der Waals surface area (Å²) in [5, 5.41) is 0. The van der Waals surface area contributed by atoms with Gasteiger partial charge in [-0.15, -0.1) is 0 Å². The van der Waals surface area contributed by atoms with E-state index in [2.05, 4.69) is 70.2 Å². The number of rotatable bonds is 3. The summed E-state index contributed by atoms with van der Waals surface area (Å²) in [6, 6.07) is 8.66. The van der Waals surface area contributed by atoms with E-state index in [-0.39, 0.29) is 0 Å². The van der Waals surface area contributed by atoms with E-state index < -0.39 is 0 Å². The van der Waals surface area contributed by atoms with Gasteiger partial charge in [-0.1, -0.05) is 37.6 Å². The largest absolute Gasteiger partial charge is 0.287 e. The van der Waals surface area contributed by atoms with Crippen molar-refractivity contribution in [2.75, 3.05) is 0 Å². The molecule has 2 heterocycles. The number of benzene rings is 1. The van der Waals surface area contributed by atoms with Gasteiger partial charge < -0.3 is 0 Å². The van der Waals surface area contributed by atoms with Crippen LogP contribution in [-0.4, -0.2) is 14.4 Å². The van der Waals surface area contributed by atoms with Crippen LogP contribution in [0.15, 0.2) is 34.9 Å². The Hall–Kier alpha value is -1.68. The summed E-state index contributed by atoms with van der Waals surface area (Å²) in [5.74, 6) is 0.751. The molecule has 0 atom stereocenters. The molecule has 0 bridgehead atoms. The fraction of sp³-hybridized carbons (Fsp3) is 0.294. The molecule has 21 heavy (non-hydrogen) atoms. The van der Waals surface area contributed by atoms with Crippen LogP contribution in [0.25, 0.3) is 17.0 Å². The average molecular weight is 344 g/mol. The zero-order chi connectivity index (χ0) is 15.0. The van der Waals surface area contributed by atoms with Crippen molar-refractivity contribution in [1.82, 2.24) is 14.4 Å². The Morgan fingerprint density at radius 1 is 1.10 bits per heavy atom. The lowest BCUT2D eigenvalue weighted by Gasteiger charge is -2.04. The number of imidazole rings is 1. The van der Waals surface area contributed by atoms with E-state index in [1.54, 1.807) is 0 Å². The van der Waals surface area contributed by atoms with Crippen LogP contribution in [0.1, 0.15) is 30.3 Å². The molecule has 0 fully saturated rings. The third-order valence-corrected chi connectivity index (χ3v) is 4.89. The van der Waals surface area contributed by atoms with Gasteiger partial charge in [0.05, 0.1) is 15.9 Å². The molecule has 3 aromatic rings. The predicted octanol–water partition coefficient (Wildman–Crippen LogP) is 4.73. The maximum Gasteiger partial charge on any atom is 0.234 e. The van der Waals surface area contributed by atoms with Gasteiger partial charge in [0.1, 0.15) is 0 Å². The minimum Gasteiger partial charge on any atom is -0.287 e. The zero-order valence-electron chi connectivity index (χ0n) is 12.5. The minimum absolute atomic E-state index is 0.751. The number of fused-ring (bicyclic) bond motifs is 1. The van der Waals surface area contributed by atoms with Gasteiger partial charge in [-0.25, -0.2) is 9.97 Å². The Labute approximate surface area is 133 Å². The highest BCUT2D eigenvalue weighted by molar-refractivity contribution is 9.10. The van der Waals surface area contributed by atoms with Gasteiger partial charge >= 0.3 is 0 Å². The first kappa shape index (κ1) is 14.3. The Bertz CT molecular complexity index is 788. The molecule has 0 saturated heterocycles. The van der Waals surface area contributed by atoms with Crippen molar-refractivity contribution in [1.29, 1.82) is 0 Å². The van der Waals surface area contributed by atoms with Crippen LogP contribution in [-0.2, 0) is 6.42 Å². The van der Waals surface area contributed by atoms with Crippen LogP contribution in [0, 0.1) is 13.8 Å². The fourth-order valence-electron chi connectivity index (χ4n) is 2.53. The first-order chi connectivity index (χ1) is 10.1. The second-order valence-corrected chi connectivity index (χ2v) is 6.13. The highest BCUT2D eigenvalue weighted by atomic mass is 79.9. The maximum atomic E-state index is 4.65. The van der Waals surface area contributed by atoms with E-state index in [0.717, 1.165) is 39.3 Å². The molecule has 0 aliphatic heterocycles. The van der Waals surface area contributed by atoms with E-state index in [0.29, 0.717) is 0 Å². The summed E-state index contributed by atoms with van der Waals surface area (Å²) in [5.41, 5.74) is 5.56. The number of hydrogen-bond acceptors (Lipinski definition) is 2. The quantitative estimate of drug-likeness (QED) is 0.688. The molecule has 0 aliphatic rings. The SMILES string of the molecule is CCCc1ccc(-c2cn3c(C)c(Br)c(C)nc3n2)cc1. The normalized spacial score (nSPS) is 11.2. The van der Waals surface area contributed by atoms with Crippen molar-refractivity contribution in [3.05, 3.63) is 51.9 Å². The average Bonchev–Trinajstić information content (AvgIpc) is 2.90. The minimum atomic E-state index is 0.751. The highest BCUT2D eigenvalue weighted by Gasteiger charge is 2.11. The summed E-state index contributed by atoms with van der Waals surface area (Å²) >= 11 is 3.58. The molecule has 0 saturated carbocycles. The molecule has 0 spiro atoms. The van der Waals surface area contributed by atoms with Crippen LogP contribution in [0.2, 0.25) is 0 Å². The van der Waals surface area contributed by atoms with E-state index in [4.69, 9.17) is 0 Å². The van der Waals surface area contributed by atoms with Gasteiger partial charge in [0.2, 0.25) is 5.78 Å². The monoisotopic (exact) mass is 343 g/mol. The third kappa shape index (κ3) is 2.60. The summed E-state index contributed by atoms with van der Waals surface area (Å²) in [4.78, 5) is 9.19. The second kappa shape index (κ2) is 5.60. The molecule has 108 valence electrons. The van der Waals surface area contributed by atoms with Crippen LogP contribution in [0.3, 0.4) is 0 Å². The van der Waals surface area contributed by atoms with Crippen molar-refractivity contribution in [3.8, 4) is 11.3 Å². The van der Waals surface area contributed by atoms with Gasteiger partial charge in [0.25, 0.3) is 0 Å². The molecule has 0 N–H and O–H groups in total. The number of halogens is 1. The number of hydrogen-bond donors (Lipinski definition) is 0. The lowest BCUT2D eigenvalue weighted by atomic mass is 10.1. The topological polar surface area (TPSA) is 30.2 Å². The number of aryl methyl sites for hydroxylation is 3. The van der Waals surface area contributed by atoms with Crippen molar-refractivity contribution in [2.45, 2.75) is 33.6 Å². The number of aromatic nitrogens is 3. The third-order valence-electron chi connectivity index (χ3n) is 3.74. The lowest BCUT2D eigenvalue weighted by Crippen LogP contribution is -1.97. The van der Waals surface area contributed by atoms with Gasteiger partial charge in [0, 0.05) is 17.5 Å². The number of nitrogens with zero attached hydrogens (tertiary/aromatic N) is 3. The maximum absolute atomic E-state index is 4.65. The molecule has 1 aromatic carbocycles. The van der Waals surface area contributed by atoms with E-state index >= 15 is 0 Å². The first-order valence-electron chi connectivity index (χ1n) is 7.21. The lowest BCUT2D eigenvalue weighted by molar-refractivity contribution is 0.922. The van der Waals surface area contributed by atoms with Crippen molar-refractivity contribution >= 4 is 21.7 Å². The van der Waals surface area contributed by atoms with Crippen LogP contribution < -0.4 is 0 Å². The zero-order valence-corrected chi connectivity index (χ0v) is 14.1. The van der Waals surface area contributed by atoms with Crippen molar-refractivity contribution < 1.29 is 0 Å². The first-order valence-corrected chi connectivity index (χ1v) is 8.00. The summed E-state index contributed by atoms with van der Waals surface area (Å²) in [6.45, 7) is 6.26. The Morgan fingerprint density at radius 2 is 1.81 bits per heavy atom. The van der Waals surface area contributed by atoms with Crippen molar-refractivity contribution in [2.24, 2.45) is 0 Å². The molecule has 2 aromatic heterocycles. The summed E-state index contributed by atoms with van der Waals surface area (Å²) < 4.78 is 3.07. The van der Waals surface area contributed by atoms with Gasteiger partial charge in [-0.3, -0.25) is 4.40 Å². The molecule has 3 nitrogen and oxygen atoms in total. The van der Waals surface area contributed by atoms with Crippen LogP contribution in [0.5, 0.6) is 0 Å². The van der Waals surface area contributed by atoms with Gasteiger partial charge in [-0.05, 0) is 41.8 Å². The second-order valence-electron chi connectivity index (χ2n) is 5.34. The van der Waals surface area contributed by atoms with Crippen LogP contribution >= 0.6 is 15.9 Å². The molecule has 3 rings (SSSR count). The molecule has 0 radical (unpaired) electrons. The van der Waals surface area contributed by atoms with E-state index in [9.17, 15) is 0 Å². The van der Waals surface area contributed by atoms with Crippen molar-refractivity contribution in [3.63, 3.8) is 0 Å². The van der Waals surface area contributed by atoms with E-state index in [1.807, 2.05) is 11.3 Å². The highest BCUT2D eigenvalue weighted by Crippen LogP contribution is 2.24. The Kier molecular flexibility index (Phi) is 3.81. The van der Waals surface area contributed by atoms with Gasteiger partial charge in [-0.2, -0.15) is 0 Å². The standard InChI is InChI=1S/C17H18BrN3/c1-4-5-13-6-8-14(9-7-13)15-10-21-12(3)16(18)11(2)19-17(21)20-15/h6-10H,4-5H2,1-3H3. The smallest absolute Gasteiger partial charge is 0.234 e. The molecule has 4 heteroatoms. The predicted molar refractivity (Wildman–Crippen MR) is 89.6 cm³/mol. The summed E-state index contributed by atoms with van der Waals surface area (Å²) in [7, 11) is 0. The molecule has 0 aliphatic carbocycles. The molecular weight excluding hydrogens is 326 g/mol. The van der Waals surface area contributed by atoms with E-state index in [1.165, 1.54) is 12.0 Å². The molecule has 0 amide bonds. The Balaban J connectivity index is 2.06. The molecule has 0 unspecified atom stereocenters. The molecular formula is C17H18BrN3. The fourth-order valence-corrected chi connectivity index (χ4v) is 2.81. The summed E-state index contributed by atoms with van der Waals surface area (Å²) in [6.07, 6.45) is 4.35.